The van der Waals surface area contributed by atoms with E-state index in [1.165, 1.54) is 0 Å². The van der Waals surface area contributed by atoms with E-state index in [4.69, 9.17) is 14.2 Å². The van der Waals surface area contributed by atoms with Gasteiger partial charge in [-0.25, -0.2) is 0 Å². The Morgan fingerprint density at radius 1 is 1.10 bits per heavy atom. The van der Waals surface area contributed by atoms with Crippen LogP contribution < -0.4 is 14.8 Å². The molecule has 2 saturated carbocycles. The van der Waals surface area contributed by atoms with E-state index in [0.717, 1.165) is 24.8 Å². The minimum absolute atomic E-state index is 0.0192. The third-order valence-corrected chi connectivity index (χ3v) is 5.96. The molecule has 1 amide bonds. The largest absolute Gasteiger partial charge is 0.493 e. The Bertz CT molecular complexity index is 761. The zero-order valence-electron chi connectivity index (χ0n) is 17.2. The molecule has 158 valence electrons. The van der Waals surface area contributed by atoms with Crippen molar-refractivity contribution in [2.75, 3.05) is 14.2 Å². The van der Waals surface area contributed by atoms with Gasteiger partial charge in [0.25, 0.3) is 5.91 Å². The van der Waals surface area contributed by atoms with Gasteiger partial charge in [0.2, 0.25) is 0 Å². The van der Waals surface area contributed by atoms with Crippen LogP contribution >= 0.6 is 0 Å². The summed E-state index contributed by atoms with van der Waals surface area (Å²) in [6.07, 6.45) is 2.99. The lowest BCUT2D eigenvalue weighted by Gasteiger charge is -2.36. The summed E-state index contributed by atoms with van der Waals surface area (Å²) in [4.78, 5) is 37.1. The average molecular weight is 403 g/mol. The van der Waals surface area contributed by atoms with Crippen molar-refractivity contribution in [3.63, 3.8) is 0 Å². The summed E-state index contributed by atoms with van der Waals surface area (Å²) in [5.41, 5.74) is 0.841. The van der Waals surface area contributed by atoms with Crippen LogP contribution in [0.3, 0.4) is 0 Å². The number of esters is 1. The topological polar surface area (TPSA) is 90.9 Å². The van der Waals surface area contributed by atoms with Crippen LogP contribution in [-0.2, 0) is 25.7 Å². The van der Waals surface area contributed by atoms with Crippen molar-refractivity contribution in [3.05, 3.63) is 23.8 Å². The second-order valence-corrected chi connectivity index (χ2v) is 7.88. The maximum atomic E-state index is 12.5. The van der Waals surface area contributed by atoms with Gasteiger partial charge in [0.05, 0.1) is 20.1 Å². The summed E-state index contributed by atoms with van der Waals surface area (Å²) >= 11 is 0. The zero-order valence-corrected chi connectivity index (χ0v) is 17.2. The van der Waals surface area contributed by atoms with Crippen LogP contribution in [0.1, 0.15) is 44.6 Å². The van der Waals surface area contributed by atoms with E-state index in [2.05, 4.69) is 5.32 Å². The van der Waals surface area contributed by atoms with Gasteiger partial charge in [0, 0.05) is 18.4 Å². The molecule has 2 fully saturated rings. The quantitative estimate of drug-likeness (QED) is 0.704. The number of carbonyl (C=O) groups is 3. The summed E-state index contributed by atoms with van der Waals surface area (Å²) in [6, 6.07) is 5.38. The number of ether oxygens (including phenoxy) is 3. The summed E-state index contributed by atoms with van der Waals surface area (Å²) in [7, 11) is 3.11. The molecular weight excluding hydrogens is 374 g/mol. The molecule has 1 aromatic carbocycles. The van der Waals surface area contributed by atoms with Crippen molar-refractivity contribution in [2.24, 2.45) is 17.8 Å². The van der Waals surface area contributed by atoms with Gasteiger partial charge in [-0.05, 0) is 50.3 Å². The zero-order chi connectivity index (χ0) is 21.0. The second-order valence-electron chi connectivity index (χ2n) is 7.88. The Morgan fingerprint density at radius 2 is 1.76 bits per heavy atom. The van der Waals surface area contributed by atoms with Crippen LogP contribution in [0, 0.1) is 17.8 Å². The van der Waals surface area contributed by atoms with E-state index in [9.17, 15) is 14.4 Å². The van der Waals surface area contributed by atoms with E-state index in [1.807, 2.05) is 6.07 Å². The molecule has 1 unspecified atom stereocenters. The molecule has 0 spiro atoms. The van der Waals surface area contributed by atoms with Crippen molar-refractivity contribution in [1.29, 1.82) is 0 Å². The number of hydrogen-bond acceptors (Lipinski definition) is 6. The number of Topliss-reactive ketones (excluding diaryl/α,β-unsaturated/α-hetero) is 1. The maximum absolute atomic E-state index is 12.5. The first-order valence-corrected chi connectivity index (χ1v) is 10.2. The van der Waals surface area contributed by atoms with Gasteiger partial charge >= 0.3 is 5.97 Å². The molecule has 2 aliphatic carbocycles. The molecule has 4 atom stereocenters. The van der Waals surface area contributed by atoms with E-state index in [1.54, 1.807) is 33.3 Å². The monoisotopic (exact) mass is 403 g/mol. The summed E-state index contributed by atoms with van der Waals surface area (Å²) in [5.74, 6) is 0.439. The maximum Gasteiger partial charge on any atom is 0.309 e. The van der Waals surface area contributed by atoms with E-state index >= 15 is 0 Å². The Morgan fingerprint density at radius 3 is 2.38 bits per heavy atom. The van der Waals surface area contributed by atoms with Gasteiger partial charge in [-0.2, -0.15) is 0 Å². The minimum atomic E-state index is -0.889. The minimum Gasteiger partial charge on any atom is -0.493 e. The Hall–Kier alpha value is -2.57. The Kier molecular flexibility index (Phi) is 6.77. The van der Waals surface area contributed by atoms with Gasteiger partial charge < -0.3 is 19.5 Å². The Labute approximate surface area is 171 Å². The van der Waals surface area contributed by atoms with Crippen LogP contribution in [0.2, 0.25) is 0 Å². The van der Waals surface area contributed by atoms with Crippen LogP contribution in [0.4, 0.5) is 0 Å². The number of carbonyl (C=O) groups excluding carboxylic acids is 3. The normalized spacial score (nSPS) is 24.4. The van der Waals surface area contributed by atoms with Crippen LogP contribution in [0.25, 0.3) is 0 Å². The number of nitrogens with one attached hydrogen (secondary N) is 1. The number of rotatable bonds is 7. The van der Waals surface area contributed by atoms with Gasteiger partial charge in [0.1, 0.15) is 5.78 Å². The van der Waals surface area contributed by atoms with Crippen molar-refractivity contribution in [2.45, 2.75) is 51.7 Å². The first-order valence-electron chi connectivity index (χ1n) is 10.2. The standard InChI is InChI=1S/C22H29NO6/c1-13(21(25)23-12-14-7-8-18(27-2)19(9-14)28-3)29-22(26)17-10-15-5-4-6-16(11-17)20(15)24/h7-9,13,15-17H,4-6,10-12H2,1-3H3,(H,23,25)/t13-,15-,16+,17?/m0/s1. The highest BCUT2D eigenvalue weighted by molar-refractivity contribution is 5.88. The molecule has 3 rings (SSSR count). The van der Waals surface area contributed by atoms with Crippen LogP contribution in [0.15, 0.2) is 18.2 Å². The fourth-order valence-corrected chi connectivity index (χ4v) is 4.32. The number of fused-ring (bicyclic) bond motifs is 2. The van der Waals surface area contributed by atoms with Gasteiger partial charge in [-0.3, -0.25) is 14.4 Å². The second kappa shape index (κ2) is 9.29. The number of benzene rings is 1. The lowest BCUT2D eigenvalue weighted by Crippen LogP contribution is -2.42. The first kappa shape index (κ1) is 21.1. The van der Waals surface area contributed by atoms with E-state index in [-0.39, 0.29) is 36.2 Å². The van der Waals surface area contributed by atoms with Crippen LogP contribution in [-0.4, -0.2) is 38.0 Å². The third kappa shape index (κ3) is 4.89. The third-order valence-electron chi connectivity index (χ3n) is 5.96. The summed E-state index contributed by atoms with van der Waals surface area (Å²) in [6.45, 7) is 1.85. The molecule has 0 heterocycles. The molecule has 1 aromatic rings. The van der Waals surface area contributed by atoms with Gasteiger partial charge in [-0.1, -0.05) is 12.5 Å². The smallest absolute Gasteiger partial charge is 0.309 e. The number of amides is 1. The molecule has 0 radical (unpaired) electrons. The van der Waals surface area contributed by atoms with Crippen molar-refractivity contribution in [3.8, 4) is 11.5 Å². The molecule has 0 aliphatic heterocycles. The number of hydrogen-bond donors (Lipinski definition) is 1. The molecule has 2 bridgehead atoms. The van der Waals surface area contributed by atoms with Gasteiger partial charge in [-0.15, -0.1) is 0 Å². The lowest BCUT2D eigenvalue weighted by atomic mass is 9.67. The predicted molar refractivity (Wildman–Crippen MR) is 106 cm³/mol. The van der Waals surface area contributed by atoms with E-state index in [0.29, 0.717) is 30.1 Å². The average Bonchev–Trinajstić information content (AvgIpc) is 2.71. The Balaban J connectivity index is 1.50. The molecule has 7 nitrogen and oxygen atoms in total. The highest BCUT2D eigenvalue weighted by Crippen LogP contribution is 2.40. The fraction of sp³-hybridized carbons (Fsp3) is 0.591. The first-order chi connectivity index (χ1) is 13.9. The van der Waals surface area contributed by atoms with Crippen molar-refractivity contribution in [1.82, 2.24) is 5.32 Å². The summed E-state index contributed by atoms with van der Waals surface area (Å²) in [5, 5.41) is 2.78. The number of methoxy groups -OCH3 is 2. The van der Waals surface area contributed by atoms with Crippen molar-refractivity contribution >= 4 is 17.7 Å². The highest BCUT2D eigenvalue weighted by Gasteiger charge is 2.42. The highest BCUT2D eigenvalue weighted by atomic mass is 16.5. The molecular formula is C22H29NO6. The molecule has 7 heteroatoms. The molecule has 0 saturated heterocycles. The lowest BCUT2D eigenvalue weighted by molar-refractivity contribution is -0.162. The summed E-state index contributed by atoms with van der Waals surface area (Å²) < 4.78 is 15.9. The SMILES string of the molecule is COc1ccc(CNC(=O)[C@H](C)OC(=O)C2C[C@H]3CCC[C@@H](C2)C3=O)cc1OC. The predicted octanol–water partition coefficient (Wildman–Crippen LogP) is 2.65. The number of ketones is 1. The van der Waals surface area contributed by atoms with Crippen molar-refractivity contribution < 1.29 is 28.6 Å². The molecule has 2 aliphatic rings. The molecule has 0 aromatic heterocycles. The van der Waals surface area contributed by atoms with Gasteiger partial charge in [0.15, 0.2) is 17.6 Å². The molecule has 1 N–H and O–H groups in total. The van der Waals surface area contributed by atoms with Crippen LogP contribution in [0.5, 0.6) is 11.5 Å². The fourth-order valence-electron chi connectivity index (χ4n) is 4.32. The molecule has 29 heavy (non-hydrogen) atoms. The van der Waals surface area contributed by atoms with E-state index < -0.39 is 6.10 Å².